The maximum absolute atomic E-state index is 12.3. The summed E-state index contributed by atoms with van der Waals surface area (Å²) in [6.45, 7) is 7.55. The lowest BCUT2D eigenvalue weighted by molar-refractivity contribution is 0.0140. The summed E-state index contributed by atoms with van der Waals surface area (Å²) in [6.07, 6.45) is 10.3. The van der Waals surface area contributed by atoms with Crippen molar-refractivity contribution in [3.05, 3.63) is 0 Å². The molecule has 3 rings (SSSR count). The molecule has 2 aliphatic carbocycles. The predicted molar refractivity (Wildman–Crippen MR) is 87.9 cm³/mol. The van der Waals surface area contributed by atoms with Gasteiger partial charge in [0.05, 0.1) is 0 Å². The first-order chi connectivity index (χ1) is 10.4. The maximum atomic E-state index is 12.3. The second-order valence-corrected chi connectivity index (χ2v) is 8.63. The predicted octanol–water partition coefficient (Wildman–Crippen LogP) is 3.70. The molecule has 0 aromatic rings. The second kappa shape index (κ2) is 6.03. The van der Waals surface area contributed by atoms with E-state index < -0.39 is 5.60 Å². The molecule has 2 unspecified atom stereocenters. The number of likely N-dealkylation sites (tertiary alicyclic amines) is 1. The number of amides is 1. The molecule has 3 aliphatic rings. The Balaban J connectivity index is 1.52. The quantitative estimate of drug-likeness (QED) is 0.845. The Morgan fingerprint density at radius 1 is 1.18 bits per heavy atom. The van der Waals surface area contributed by atoms with Gasteiger partial charge in [0.1, 0.15) is 5.60 Å². The molecule has 1 amide bonds. The van der Waals surface area contributed by atoms with E-state index in [4.69, 9.17) is 4.74 Å². The second-order valence-electron chi connectivity index (χ2n) is 8.63. The fraction of sp³-hybridized carbons (Fsp3) is 0.944. The van der Waals surface area contributed by atoms with Gasteiger partial charge in [0.25, 0.3) is 0 Å². The molecular weight excluding hydrogens is 276 g/mol. The van der Waals surface area contributed by atoms with Gasteiger partial charge in [-0.15, -0.1) is 0 Å². The molecule has 1 aliphatic heterocycles. The maximum Gasteiger partial charge on any atom is 0.410 e. The highest BCUT2D eigenvalue weighted by Crippen LogP contribution is 2.53. The van der Waals surface area contributed by atoms with Gasteiger partial charge in [-0.05, 0) is 52.9 Å². The lowest BCUT2D eigenvalue weighted by Crippen LogP contribution is -2.46. The third kappa shape index (κ3) is 3.76. The van der Waals surface area contributed by atoms with Crippen LogP contribution in [-0.4, -0.2) is 41.8 Å². The molecule has 4 heteroatoms. The lowest BCUT2D eigenvalue weighted by atomic mass is 9.92. The number of piperidine rings is 1. The number of ether oxygens (including phenoxy) is 1. The highest BCUT2D eigenvalue weighted by atomic mass is 16.6. The van der Waals surface area contributed by atoms with E-state index in [-0.39, 0.29) is 6.09 Å². The molecule has 0 aromatic carbocycles. The van der Waals surface area contributed by atoms with Crippen molar-refractivity contribution in [3.63, 3.8) is 0 Å². The first kappa shape index (κ1) is 16.1. The van der Waals surface area contributed by atoms with E-state index in [1.807, 2.05) is 25.7 Å². The van der Waals surface area contributed by atoms with Crippen LogP contribution in [0.1, 0.15) is 72.1 Å². The number of hydrogen-bond acceptors (Lipinski definition) is 3. The number of carbonyl (C=O) groups excluding carboxylic acids is 1. The van der Waals surface area contributed by atoms with Crippen molar-refractivity contribution in [1.29, 1.82) is 0 Å². The number of carbonyl (C=O) groups is 1. The van der Waals surface area contributed by atoms with Crippen LogP contribution >= 0.6 is 0 Å². The van der Waals surface area contributed by atoms with Crippen molar-refractivity contribution in [1.82, 2.24) is 10.2 Å². The zero-order valence-corrected chi connectivity index (χ0v) is 14.5. The fourth-order valence-electron chi connectivity index (χ4n) is 4.23. The van der Waals surface area contributed by atoms with Gasteiger partial charge >= 0.3 is 6.09 Å². The largest absolute Gasteiger partial charge is 0.444 e. The number of hydrogen-bond donors (Lipinski definition) is 1. The number of nitrogens with zero attached hydrogens (tertiary/aromatic N) is 1. The fourth-order valence-corrected chi connectivity index (χ4v) is 4.23. The smallest absolute Gasteiger partial charge is 0.410 e. The van der Waals surface area contributed by atoms with Crippen molar-refractivity contribution in [2.24, 2.45) is 5.41 Å². The zero-order valence-electron chi connectivity index (χ0n) is 14.5. The summed E-state index contributed by atoms with van der Waals surface area (Å²) < 4.78 is 5.55. The molecule has 1 N–H and O–H groups in total. The first-order valence-corrected chi connectivity index (χ1v) is 9.12. The molecule has 2 atom stereocenters. The van der Waals surface area contributed by atoms with Gasteiger partial charge in [0.2, 0.25) is 0 Å². The third-order valence-corrected chi connectivity index (χ3v) is 5.49. The molecule has 0 bridgehead atoms. The van der Waals surface area contributed by atoms with Crippen molar-refractivity contribution < 1.29 is 9.53 Å². The van der Waals surface area contributed by atoms with Crippen LogP contribution in [0.25, 0.3) is 0 Å². The highest BCUT2D eigenvalue weighted by Gasteiger charge is 2.56. The molecule has 22 heavy (non-hydrogen) atoms. The average Bonchev–Trinajstić information content (AvgIpc) is 3.09. The molecule has 1 spiro atoms. The molecule has 2 saturated carbocycles. The summed E-state index contributed by atoms with van der Waals surface area (Å²) in [6, 6.07) is 1.34. The Bertz CT molecular complexity index is 412. The Hall–Kier alpha value is -0.770. The van der Waals surface area contributed by atoms with E-state index in [0.717, 1.165) is 25.6 Å². The topological polar surface area (TPSA) is 41.6 Å². The Kier molecular flexibility index (Phi) is 4.41. The molecule has 1 saturated heterocycles. The van der Waals surface area contributed by atoms with Crippen molar-refractivity contribution >= 4 is 6.09 Å². The summed E-state index contributed by atoms with van der Waals surface area (Å²) in [5.41, 5.74) is -0.0579. The van der Waals surface area contributed by atoms with Gasteiger partial charge in [-0.25, -0.2) is 4.79 Å². The number of rotatable bonds is 2. The molecule has 126 valence electrons. The SMILES string of the molecule is CC(C)(C)OC(=O)N1CCCC2(CC2NC2CCCCC2)C1. The van der Waals surface area contributed by atoms with Crippen molar-refractivity contribution in [2.75, 3.05) is 13.1 Å². The monoisotopic (exact) mass is 308 g/mol. The van der Waals surface area contributed by atoms with Gasteiger partial charge in [0.15, 0.2) is 0 Å². The normalized spacial score (nSPS) is 33.0. The van der Waals surface area contributed by atoms with Gasteiger partial charge in [0, 0.05) is 30.6 Å². The summed E-state index contributed by atoms with van der Waals surface area (Å²) in [5.74, 6) is 0. The van der Waals surface area contributed by atoms with E-state index in [9.17, 15) is 4.79 Å². The third-order valence-electron chi connectivity index (χ3n) is 5.49. The Morgan fingerprint density at radius 2 is 1.91 bits per heavy atom. The van der Waals surface area contributed by atoms with Crippen molar-refractivity contribution in [3.8, 4) is 0 Å². The van der Waals surface area contributed by atoms with E-state index in [1.165, 1.54) is 44.9 Å². The van der Waals surface area contributed by atoms with Gasteiger partial charge in [-0.2, -0.15) is 0 Å². The molecular formula is C18H32N2O2. The summed E-state index contributed by atoms with van der Waals surface area (Å²) in [5, 5.41) is 3.88. The van der Waals surface area contributed by atoms with E-state index in [1.54, 1.807) is 0 Å². The Labute approximate surface area is 135 Å². The average molecular weight is 308 g/mol. The van der Waals surface area contributed by atoms with Crippen LogP contribution in [0.2, 0.25) is 0 Å². The minimum Gasteiger partial charge on any atom is -0.444 e. The van der Waals surface area contributed by atoms with Gasteiger partial charge < -0.3 is 15.0 Å². The summed E-state index contributed by atoms with van der Waals surface area (Å²) >= 11 is 0. The lowest BCUT2D eigenvalue weighted by Gasteiger charge is -2.35. The van der Waals surface area contributed by atoms with Gasteiger partial charge in [-0.3, -0.25) is 0 Å². The van der Waals surface area contributed by atoms with Crippen LogP contribution in [0.4, 0.5) is 4.79 Å². The summed E-state index contributed by atoms with van der Waals surface area (Å²) in [4.78, 5) is 14.3. The molecule has 0 radical (unpaired) electrons. The minimum atomic E-state index is -0.398. The minimum absolute atomic E-state index is 0.130. The van der Waals surface area contributed by atoms with Crippen LogP contribution in [0, 0.1) is 5.41 Å². The van der Waals surface area contributed by atoms with Gasteiger partial charge in [-0.1, -0.05) is 19.3 Å². The molecule has 4 nitrogen and oxygen atoms in total. The van der Waals surface area contributed by atoms with E-state index >= 15 is 0 Å². The molecule has 3 fully saturated rings. The van der Waals surface area contributed by atoms with Crippen LogP contribution in [-0.2, 0) is 4.74 Å². The van der Waals surface area contributed by atoms with E-state index in [0.29, 0.717) is 11.5 Å². The van der Waals surface area contributed by atoms with Crippen LogP contribution in [0.5, 0.6) is 0 Å². The zero-order chi connectivity index (χ0) is 15.8. The van der Waals surface area contributed by atoms with Crippen LogP contribution in [0.15, 0.2) is 0 Å². The number of nitrogens with one attached hydrogen (secondary N) is 1. The molecule has 1 heterocycles. The molecule has 0 aromatic heterocycles. The van der Waals surface area contributed by atoms with E-state index in [2.05, 4.69) is 5.32 Å². The summed E-state index contributed by atoms with van der Waals surface area (Å²) in [7, 11) is 0. The first-order valence-electron chi connectivity index (χ1n) is 9.12. The highest BCUT2D eigenvalue weighted by molar-refractivity contribution is 5.68. The standard InChI is InChI=1S/C18H32N2O2/c1-17(2,3)22-16(21)20-11-7-10-18(13-20)12-15(18)19-14-8-5-4-6-9-14/h14-15,19H,4-13H2,1-3H3. The van der Waals surface area contributed by atoms with Crippen LogP contribution < -0.4 is 5.32 Å². The Morgan fingerprint density at radius 3 is 2.59 bits per heavy atom. The van der Waals surface area contributed by atoms with Crippen molar-refractivity contribution in [2.45, 2.75) is 89.8 Å². The van der Waals surface area contributed by atoms with Crippen LogP contribution in [0.3, 0.4) is 0 Å².